The van der Waals surface area contributed by atoms with E-state index in [0.29, 0.717) is 12.5 Å². The van der Waals surface area contributed by atoms with Crippen molar-refractivity contribution >= 4 is 36.0 Å². The van der Waals surface area contributed by atoms with Gasteiger partial charge in [-0.25, -0.2) is 4.79 Å². The summed E-state index contributed by atoms with van der Waals surface area (Å²) in [6.45, 7) is 13.1. The number of pyridine rings is 1. The Morgan fingerprint density at radius 2 is 1.86 bits per heavy atom. The van der Waals surface area contributed by atoms with Crippen molar-refractivity contribution in [2.75, 3.05) is 20.1 Å². The number of aliphatic imine (C=N–C) groups is 1. The molecule has 1 amide bonds. The van der Waals surface area contributed by atoms with Crippen LogP contribution in [0.5, 0.6) is 0 Å². The highest BCUT2D eigenvalue weighted by molar-refractivity contribution is 14.0. The number of aromatic nitrogens is 1. The van der Waals surface area contributed by atoms with E-state index < -0.39 is 17.2 Å². The zero-order chi connectivity index (χ0) is 21.2. The Bertz CT molecular complexity index is 655. The van der Waals surface area contributed by atoms with Crippen LogP contribution in [0.25, 0.3) is 0 Å². The van der Waals surface area contributed by atoms with E-state index in [0.717, 1.165) is 25.8 Å². The zero-order valence-corrected chi connectivity index (χ0v) is 21.2. The van der Waals surface area contributed by atoms with Gasteiger partial charge in [0.15, 0.2) is 5.96 Å². The van der Waals surface area contributed by atoms with Crippen molar-refractivity contribution in [3.8, 4) is 0 Å². The Morgan fingerprint density at radius 1 is 1.21 bits per heavy atom. The van der Waals surface area contributed by atoms with Crippen molar-refractivity contribution in [3.63, 3.8) is 0 Å². The van der Waals surface area contributed by atoms with Gasteiger partial charge < -0.3 is 20.7 Å². The van der Waals surface area contributed by atoms with Gasteiger partial charge in [-0.1, -0.05) is 13.8 Å². The molecule has 0 spiro atoms. The number of rotatable bonds is 8. The summed E-state index contributed by atoms with van der Waals surface area (Å²) in [7, 11) is 1.74. The van der Waals surface area contributed by atoms with Crippen LogP contribution in [0.2, 0.25) is 0 Å². The summed E-state index contributed by atoms with van der Waals surface area (Å²) in [5.74, 6) is 0.712. The van der Waals surface area contributed by atoms with E-state index in [9.17, 15) is 4.79 Å². The Morgan fingerprint density at radius 3 is 2.38 bits per heavy atom. The van der Waals surface area contributed by atoms with Crippen LogP contribution in [0.1, 0.15) is 58.6 Å². The molecule has 0 saturated carbocycles. The fourth-order valence-electron chi connectivity index (χ4n) is 2.81. The maximum Gasteiger partial charge on any atom is 0.408 e. The lowest BCUT2D eigenvalue weighted by atomic mass is 9.93. The smallest absolute Gasteiger partial charge is 0.408 e. The number of carbonyl (C=O) groups excluding carboxylic acids is 1. The number of guanidine groups is 1. The van der Waals surface area contributed by atoms with Gasteiger partial charge in [0.1, 0.15) is 5.60 Å². The zero-order valence-electron chi connectivity index (χ0n) is 18.9. The van der Waals surface area contributed by atoms with Gasteiger partial charge in [-0.15, -0.1) is 24.0 Å². The van der Waals surface area contributed by atoms with E-state index in [1.165, 1.54) is 11.1 Å². The van der Waals surface area contributed by atoms with Crippen molar-refractivity contribution in [2.45, 2.75) is 71.9 Å². The topological polar surface area (TPSA) is 87.6 Å². The van der Waals surface area contributed by atoms with E-state index in [1.807, 2.05) is 39.2 Å². The average molecular weight is 519 g/mol. The van der Waals surface area contributed by atoms with Crippen LogP contribution in [0.15, 0.2) is 23.5 Å². The second-order valence-corrected chi connectivity index (χ2v) is 8.02. The number of hydrogen-bond donors (Lipinski definition) is 3. The maximum atomic E-state index is 12.3. The molecule has 7 nitrogen and oxygen atoms in total. The molecule has 0 aliphatic rings. The van der Waals surface area contributed by atoms with Crippen molar-refractivity contribution < 1.29 is 9.53 Å². The monoisotopic (exact) mass is 519 g/mol. The standard InChI is InChI=1S/C21H37N5O2.HI/c1-8-21(9-2,26-19(27)28-20(4,5)6)15-25-18(22-7)24-13-11-17-10-12-23-14-16(17)3;/h10,12,14H,8-9,11,13,15H2,1-7H3,(H,26,27)(H2,22,24,25);1H. The summed E-state index contributed by atoms with van der Waals surface area (Å²) >= 11 is 0. The normalized spacial score (nSPS) is 12.0. The molecule has 1 heterocycles. The van der Waals surface area contributed by atoms with Crippen LogP contribution < -0.4 is 16.0 Å². The second-order valence-electron chi connectivity index (χ2n) is 8.02. The minimum Gasteiger partial charge on any atom is -0.444 e. The first kappa shape index (κ1) is 27.4. The molecule has 0 unspecified atom stereocenters. The third-order valence-corrected chi connectivity index (χ3v) is 4.76. The lowest BCUT2D eigenvalue weighted by molar-refractivity contribution is 0.0448. The molecule has 1 aromatic heterocycles. The van der Waals surface area contributed by atoms with Crippen molar-refractivity contribution in [1.82, 2.24) is 20.9 Å². The summed E-state index contributed by atoms with van der Waals surface area (Å²) in [5.41, 5.74) is 1.53. The van der Waals surface area contributed by atoms with Crippen molar-refractivity contribution in [1.29, 1.82) is 0 Å². The van der Waals surface area contributed by atoms with Gasteiger partial charge in [0.2, 0.25) is 0 Å². The first-order valence-corrected chi connectivity index (χ1v) is 10.00. The maximum absolute atomic E-state index is 12.3. The highest BCUT2D eigenvalue weighted by Gasteiger charge is 2.30. The molecule has 0 aliphatic heterocycles. The molecule has 0 atom stereocenters. The Labute approximate surface area is 192 Å². The minimum atomic E-state index is -0.520. The minimum absolute atomic E-state index is 0. The van der Waals surface area contributed by atoms with Gasteiger partial charge >= 0.3 is 6.09 Å². The molecular weight excluding hydrogens is 481 g/mol. The first-order chi connectivity index (χ1) is 13.1. The van der Waals surface area contributed by atoms with E-state index in [1.54, 1.807) is 7.05 Å². The number of alkyl carbamates (subject to hydrolysis) is 1. The third-order valence-electron chi connectivity index (χ3n) is 4.76. The van der Waals surface area contributed by atoms with Crippen LogP contribution in [0, 0.1) is 6.92 Å². The molecule has 166 valence electrons. The fourth-order valence-corrected chi connectivity index (χ4v) is 2.81. The van der Waals surface area contributed by atoms with E-state index in [2.05, 4.69) is 46.7 Å². The quantitative estimate of drug-likeness (QED) is 0.276. The number of hydrogen-bond acceptors (Lipinski definition) is 4. The Balaban J connectivity index is 0.00000784. The first-order valence-electron chi connectivity index (χ1n) is 10.00. The van der Waals surface area contributed by atoms with Crippen LogP contribution in [0.4, 0.5) is 4.79 Å². The molecule has 0 bridgehead atoms. The van der Waals surface area contributed by atoms with E-state index in [4.69, 9.17) is 4.74 Å². The van der Waals surface area contributed by atoms with Gasteiger partial charge in [-0.3, -0.25) is 9.98 Å². The Kier molecular flexibility index (Phi) is 12.2. The van der Waals surface area contributed by atoms with Crippen LogP contribution in [0.3, 0.4) is 0 Å². The summed E-state index contributed by atoms with van der Waals surface area (Å²) in [4.78, 5) is 20.7. The summed E-state index contributed by atoms with van der Waals surface area (Å²) < 4.78 is 5.43. The van der Waals surface area contributed by atoms with Gasteiger partial charge in [0.25, 0.3) is 0 Å². The highest BCUT2D eigenvalue weighted by atomic mass is 127. The fraction of sp³-hybridized carbons (Fsp3) is 0.667. The lowest BCUT2D eigenvalue weighted by Crippen LogP contribution is -2.57. The molecule has 1 rings (SSSR count). The predicted molar refractivity (Wildman–Crippen MR) is 130 cm³/mol. The van der Waals surface area contributed by atoms with E-state index >= 15 is 0 Å². The molecule has 3 N–H and O–H groups in total. The number of carbonyl (C=O) groups is 1. The van der Waals surface area contributed by atoms with Gasteiger partial charge in [0.05, 0.1) is 5.54 Å². The average Bonchev–Trinajstić information content (AvgIpc) is 2.63. The predicted octanol–water partition coefficient (Wildman–Crippen LogP) is 3.80. The van der Waals surface area contributed by atoms with Gasteiger partial charge in [0, 0.05) is 32.5 Å². The third kappa shape index (κ3) is 10.1. The number of halogens is 1. The highest BCUT2D eigenvalue weighted by Crippen LogP contribution is 2.16. The molecule has 29 heavy (non-hydrogen) atoms. The van der Waals surface area contributed by atoms with Gasteiger partial charge in [-0.05, 0) is 64.2 Å². The molecule has 0 aromatic carbocycles. The molecule has 0 aliphatic carbocycles. The van der Waals surface area contributed by atoms with Crippen LogP contribution in [-0.4, -0.2) is 48.3 Å². The Hall–Kier alpha value is -1.58. The number of nitrogens with zero attached hydrogens (tertiary/aromatic N) is 2. The van der Waals surface area contributed by atoms with Crippen molar-refractivity contribution in [3.05, 3.63) is 29.6 Å². The molecule has 0 saturated heterocycles. The van der Waals surface area contributed by atoms with Crippen molar-refractivity contribution in [2.24, 2.45) is 4.99 Å². The van der Waals surface area contributed by atoms with Gasteiger partial charge in [-0.2, -0.15) is 0 Å². The van der Waals surface area contributed by atoms with Crippen LogP contribution >= 0.6 is 24.0 Å². The molecule has 1 aromatic rings. The number of amides is 1. The van der Waals surface area contributed by atoms with Crippen LogP contribution in [-0.2, 0) is 11.2 Å². The molecule has 0 fully saturated rings. The summed E-state index contributed by atoms with van der Waals surface area (Å²) in [6.07, 6.45) is 5.74. The second kappa shape index (κ2) is 12.9. The van der Waals surface area contributed by atoms with E-state index in [-0.39, 0.29) is 24.0 Å². The molecular formula is C21H38IN5O2. The largest absolute Gasteiger partial charge is 0.444 e. The number of nitrogens with one attached hydrogen (secondary N) is 3. The molecule has 0 radical (unpaired) electrons. The summed E-state index contributed by atoms with van der Waals surface area (Å²) in [6, 6.07) is 2.04. The number of ether oxygens (including phenoxy) is 1. The lowest BCUT2D eigenvalue weighted by Gasteiger charge is -2.34. The molecule has 8 heteroatoms. The SMILES string of the molecule is CCC(CC)(CNC(=NC)NCCc1ccncc1C)NC(=O)OC(C)(C)C.I. The number of aryl methyl sites for hydroxylation is 1. The summed E-state index contributed by atoms with van der Waals surface area (Å²) in [5, 5.41) is 9.71.